The van der Waals surface area contributed by atoms with E-state index in [1.807, 2.05) is 18.2 Å². The Bertz CT molecular complexity index is 523. The van der Waals surface area contributed by atoms with Crippen LogP contribution in [-0.2, 0) is 0 Å². The fourth-order valence-corrected chi connectivity index (χ4v) is 3.20. The fraction of sp³-hybridized carbons (Fsp3) is 0.417. The highest BCUT2D eigenvalue weighted by molar-refractivity contribution is 7.22. The molecule has 84 valence electrons. The third kappa shape index (κ3) is 1.89. The van der Waals surface area contributed by atoms with Gasteiger partial charge < -0.3 is 5.32 Å². The van der Waals surface area contributed by atoms with E-state index in [9.17, 15) is 0 Å². The monoisotopic (exact) mass is 252 g/mol. The van der Waals surface area contributed by atoms with Gasteiger partial charge in [0.05, 0.1) is 10.2 Å². The molecule has 2 aromatic rings. The highest BCUT2D eigenvalue weighted by atomic mass is 35.5. The highest BCUT2D eigenvalue weighted by Gasteiger charge is 2.35. The first-order valence-corrected chi connectivity index (χ1v) is 6.78. The smallest absolute Gasteiger partial charge is 0.184 e. The highest BCUT2D eigenvalue weighted by Crippen LogP contribution is 2.38. The Morgan fingerprint density at radius 1 is 1.56 bits per heavy atom. The van der Waals surface area contributed by atoms with Crippen molar-refractivity contribution in [1.29, 1.82) is 0 Å². The lowest BCUT2D eigenvalue weighted by molar-refractivity contribution is 0.774. The van der Waals surface area contributed by atoms with E-state index >= 15 is 0 Å². The van der Waals surface area contributed by atoms with Gasteiger partial charge in [0.25, 0.3) is 0 Å². The van der Waals surface area contributed by atoms with Crippen molar-refractivity contribution in [3.8, 4) is 0 Å². The van der Waals surface area contributed by atoms with Gasteiger partial charge in [-0.1, -0.05) is 36.3 Å². The van der Waals surface area contributed by atoms with Crippen LogP contribution in [0.15, 0.2) is 18.2 Å². The molecule has 0 saturated heterocycles. The molecule has 4 heteroatoms. The van der Waals surface area contributed by atoms with Crippen molar-refractivity contribution in [3.05, 3.63) is 23.2 Å². The minimum absolute atomic E-state index is 0.640. The molecule has 0 spiro atoms. The lowest BCUT2D eigenvalue weighted by Crippen LogP contribution is -2.03. The number of thiazole rings is 1. The van der Waals surface area contributed by atoms with Crippen molar-refractivity contribution in [2.24, 2.45) is 5.92 Å². The quantitative estimate of drug-likeness (QED) is 0.887. The molecule has 1 heterocycles. The third-order valence-electron chi connectivity index (χ3n) is 3.11. The first kappa shape index (κ1) is 10.4. The summed E-state index contributed by atoms with van der Waals surface area (Å²) < 4.78 is 1.16. The first-order valence-electron chi connectivity index (χ1n) is 5.59. The molecule has 1 saturated carbocycles. The van der Waals surface area contributed by atoms with Crippen molar-refractivity contribution in [2.75, 3.05) is 5.32 Å². The summed E-state index contributed by atoms with van der Waals surface area (Å²) in [7, 11) is 0. The average molecular weight is 253 g/mol. The molecule has 1 aromatic carbocycles. The van der Waals surface area contributed by atoms with Crippen LogP contribution in [0.25, 0.3) is 10.2 Å². The zero-order valence-corrected chi connectivity index (χ0v) is 10.6. The maximum absolute atomic E-state index is 5.95. The number of halogens is 1. The molecular formula is C12H13ClN2S. The number of nitrogens with one attached hydrogen (secondary N) is 1. The molecule has 2 nitrogen and oxygen atoms in total. The van der Waals surface area contributed by atoms with Crippen molar-refractivity contribution in [1.82, 2.24) is 4.98 Å². The summed E-state index contributed by atoms with van der Waals surface area (Å²) in [5.41, 5.74) is 1.03. The van der Waals surface area contributed by atoms with E-state index < -0.39 is 0 Å². The molecule has 0 amide bonds. The van der Waals surface area contributed by atoms with E-state index in [2.05, 4.69) is 17.2 Å². The predicted octanol–water partition coefficient (Wildman–Crippen LogP) is 4.16. The molecule has 1 N–H and O–H groups in total. The van der Waals surface area contributed by atoms with Crippen LogP contribution in [-0.4, -0.2) is 11.0 Å². The van der Waals surface area contributed by atoms with E-state index in [-0.39, 0.29) is 0 Å². The van der Waals surface area contributed by atoms with E-state index in [4.69, 9.17) is 11.6 Å². The van der Waals surface area contributed by atoms with Crippen molar-refractivity contribution >= 4 is 38.3 Å². The number of aromatic nitrogens is 1. The van der Waals surface area contributed by atoms with E-state index in [1.165, 1.54) is 12.8 Å². The molecule has 1 aromatic heterocycles. The second-order valence-corrected chi connectivity index (χ2v) is 5.75. The van der Waals surface area contributed by atoms with Gasteiger partial charge >= 0.3 is 0 Å². The van der Waals surface area contributed by atoms with Gasteiger partial charge in [0.15, 0.2) is 5.13 Å². The second-order valence-electron chi connectivity index (χ2n) is 4.29. The summed E-state index contributed by atoms with van der Waals surface area (Å²) in [5, 5.41) is 5.29. The average Bonchev–Trinajstić information content (AvgIpc) is 2.88. The number of nitrogens with zero attached hydrogens (tertiary/aromatic N) is 1. The summed E-state index contributed by atoms with van der Waals surface area (Å²) in [5.74, 6) is 0.843. The Morgan fingerprint density at radius 3 is 3.19 bits per heavy atom. The van der Waals surface area contributed by atoms with Crippen LogP contribution in [0, 0.1) is 5.92 Å². The SMILES string of the molecule is CCC1CC1Nc1nc2ccc(Cl)cc2s1. The summed E-state index contributed by atoms with van der Waals surface area (Å²) >= 11 is 7.64. The standard InChI is InChI=1S/C12H13ClN2S/c1-2-7-5-10(7)15-12-14-9-4-3-8(13)6-11(9)16-12/h3-4,6-7,10H,2,5H2,1H3,(H,14,15). The molecule has 0 aliphatic heterocycles. The number of hydrogen-bond acceptors (Lipinski definition) is 3. The number of benzene rings is 1. The Balaban J connectivity index is 1.83. The Labute approximate surface area is 104 Å². The van der Waals surface area contributed by atoms with Crippen LogP contribution in [0.3, 0.4) is 0 Å². The number of fused-ring (bicyclic) bond motifs is 1. The van der Waals surface area contributed by atoms with Crippen molar-refractivity contribution < 1.29 is 0 Å². The Hall–Kier alpha value is -0.800. The van der Waals surface area contributed by atoms with Gasteiger partial charge in [-0.3, -0.25) is 0 Å². The maximum atomic E-state index is 5.95. The zero-order valence-electron chi connectivity index (χ0n) is 9.03. The Morgan fingerprint density at radius 2 is 2.44 bits per heavy atom. The van der Waals surface area contributed by atoms with Crippen LogP contribution in [0.1, 0.15) is 19.8 Å². The summed E-state index contributed by atoms with van der Waals surface area (Å²) in [6.45, 7) is 2.24. The maximum Gasteiger partial charge on any atom is 0.184 e. The molecule has 2 unspecified atom stereocenters. The number of anilines is 1. The minimum Gasteiger partial charge on any atom is -0.358 e. The van der Waals surface area contributed by atoms with Gasteiger partial charge in [-0.25, -0.2) is 4.98 Å². The summed E-state index contributed by atoms with van der Waals surface area (Å²) in [4.78, 5) is 4.55. The molecule has 1 aliphatic carbocycles. The van der Waals surface area contributed by atoms with Gasteiger partial charge in [-0.05, 0) is 30.5 Å². The Kier molecular flexibility index (Phi) is 2.52. The van der Waals surface area contributed by atoms with E-state index in [1.54, 1.807) is 11.3 Å². The number of hydrogen-bond donors (Lipinski definition) is 1. The fourth-order valence-electron chi connectivity index (χ4n) is 1.99. The van der Waals surface area contributed by atoms with E-state index in [0.717, 1.165) is 26.3 Å². The van der Waals surface area contributed by atoms with Crippen LogP contribution in [0.5, 0.6) is 0 Å². The van der Waals surface area contributed by atoms with Gasteiger partial charge in [0.2, 0.25) is 0 Å². The summed E-state index contributed by atoms with van der Waals surface area (Å²) in [6.07, 6.45) is 2.54. The molecule has 2 atom stereocenters. The molecule has 0 bridgehead atoms. The van der Waals surface area contributed by atoms with E-state index in [0.29, 0.717) is 6.04 Å². The van der Waals surface area contributed by atoms with Crippen LogP contribution in [0.2, 0.25) is 5.02 Å². The van der Waals surface area contributed by atoms with Gasteiger partial charge in [0.1, 0.15) is 0 Å². The third-order valence-corrected chi connectivity index (χ3v) is 4.29. The first-order chi connectivity index (χ1) is 7.76. The van der Waals surface area contributed by atoms with Gasteiger partial charge in [-0.2, -0.15) is 0 Å². The predicted molar refractivity (Wildman–Crippen MR) is 70.4 cm³/mol. The molecule has 1 aliphatic rings. The number of rotatable bonds is 3. The molecule has 1 fully saturated rings. The van der Waals surface area contributed by atoms with Gasteiger partial charge in [0, 0.05) is 11.1 Å². The van der Waals surface area contributed by atoms with Crippen molar-refractivity contribution in [3.63, 3.8) is 0 Å². The second kappa shape index (κ2) is 3.90. The van der Waals surface area contributed by atoms with Crippen LogP contribution >= 0.6 is 22.9 Å². The normalized spacial score (nSPS) is 23.6. The molecular weight excluding hydrogens is 240 g/mol. The van der Waals surface area contributed by atoms with Crippen LogP contribution in [0.4, 0.5) is 5.13 Å². The van der Waals surface area contributed by atoms with Gasteiger partial charge in [-0.15, -0.1) is 0 Å². The zero-order chi connectivity index (χ0) is 11.1. The minimum atomic E-state index is 0.640. The molecule has 3 rings (SSSR count). The topological polar surface area (TPSA) is 24.9 Å². The molecule has 0 radical (unpaired) electrons. The largest absolute Gasteiger partial charge is 0.358 e. The summed E-state index contributed by atoms with van der Waals surface area (Å²) in [6, 6.07) is 6.48. The molecule has 16 heavy (non-hydrogen) atoms. The van der Waals surface area contributed by atoms with Crippen LogP contribution < -0.4 is 5.32 Å². The lowest BCUT2D eigenvalue weighted by Gasteiger charge is -1.98. The van der Waals surface area contributed by atoms with Crippen molar-refractivity contribution in [2.45, 2.75) is 25.8 Å². The lowest BCUT2D eigenvalue weighted by atomic mass is 10.3.